The number of rotatable bonds is 4. The molecular weight excluding hydrogens is 268 g/mol. The van der Waals surface area contributed by atoms with Gasteiger partial charge in [0.15, 0.2) is 0 Å². The normalized spacial score (nSPS) is 17.8. The van der Waals surface area contributed by atoms with Gasteiger partial charge in [0.25, 0.3) is 0 Å². The fourth-order valence-electron chi connectivity index (χ4n) is 2.91. The lowest BCUT2D eigenvalue weighted by molar-refractivity contribution is 0.0697. The highest BCUT2D eigenvalue weighted by atomic mass is 16.4. The van der Waals surface area contributed by atoms with Crippen molar-refractivity contribution in [3.8, 4) is 0 Å². The van der Waals surface area contributed by atoms with Crippen LogP contribution in [0.3, 0.4) is 0 Å². The fourth-order valence-corrected chi connectivity index (χ4v) is 2.91. The van der Waals surface area contributed by atoms with Crippen molar-refractivity contribution >= 4 is 17.7 Å². The molecule has 5 heteroatoms. The number of hydrogen-bond acceptors (Lipinski definition) is 2. The molecule has 2 rings (SSSR count). The van der Waals surface area contributed by atoms with E-state index in [0.29, 0.717) is 17.2 Å². The van der Waals surface area contributed by atoms with Crippen LogP contribution in [-0.2, 0) is 0 Å². The van der Waals surface area contributed by atoms with Gasteiger partial charge >= 0.3 is 12.0 Å². The average molecular weight is 290 g/mol. The molecule has 2 amide bonds. The van der Waals surface area contributed by atoms with Crippen LogP contribution in [0, 0.1) is 12.8 Å². The summed E-state index contributed by atoms with van der Waals surface area (Å²) in [5.41, 5.74) is 1.17. The fraction of sp³-hybridized carbons (Fsp3) is 0.500. The first-order valence-corrected chi connectivity index (χ1v) is 7.41. The maximum absolute atomic E-state index is 12.3. The molecule has 0 bridgehead atoms. The molecule has 2 N–H and O–H groups in total. The van der Waals surface area contributed by atoms with E-state index in [1.54, 1.807) is 30.0 Å². The molecule has 1 saturated heterocycles. The van der Waals surface area contributed by atoms with E-state index in [9.17, 15) is 14.7 Å². The van der Waals surface area contributed by atoms with Gasteiger partial charge in [0, 0.05) is 13.1 Å². The average Bonchev–Trinajstić information content (AvgIpc) is 2.87. The number of nitrogens with one attached hydrogen (secondary N) is 1. The van der Waals surface area contributed by atoms with Gasteiger partial charge < -0.3 is 15.3 Å². The smallest absolute Gasteiger partial charge is 0.338 e. The van der Waals surface area contributed by atoms with Crippen molar-refractivity contribution < 1.29 is 14.7 Å². The number of aryl methyl sites for hydroxylation is 1. The zero-order valence-electron chi connectivity index (χ0n) is 12.6. The molecule has 1 aromatic rings. The van der Waals surface area contributed by atoms with E-state index in [1.807, 2.05) is 0 Å². The van der Waals surface area contributed by atoms with E-state index < -0.39 is 5.97 Å². The number of amides is 2. The second-order valence-electron chi connectivity index (χ2n) is 5.62. The molecule has 0 saturated carbocycles. The van der Waals surface area contributed by atoms with Crippen LogP contribution in [0.15, 0.2) is 18.2 Å². The Labute approximate surface area is 125 Å². The SMILES string of the molecule is CCCC1CCN(C(=O)Nc2cccc(C)c2C(=O)O)C1. The molecule has 1 aliphatic rings. The van der Waals surface area contributed by atoms with E-state index in [2.05, 4.69) is 12.2 Å². The predicted octanol–water partition coefficient (Wildman–Crippen LogP) is 3.35. The van der Waals surface area contributed by atoms with Crippen LogP contribution >= 0.6 is 0 Å². The number of carboxylic acids is 1. The number of nitrogens with zero attached hydrogens (tertiary/aromatic N) is 1. The number of aromatic carboxylic acids is 1. The number of carbonyl (C=O) groups is 2. The third-order valence-corrected chi connectivity index (χ3v) is 4.00. The minimum atomic E-state index is -1.02. The first-order chi connectivity index (χ1) is 10.0. The number of likely N-dealkylation sites (tertiary alicyclic amines) is 1. The summed E-state index contributed by atoms with van der Waals surface area (Å²) in [5.74, 6) is -0.453. The third kappa shape index (κ3) is 3.54. The molecule has 0 spiro atoms. The minimum Gasteiger partial charge on any atom is -0.478 e. The Balaban J connectivity index is 2.07. The Morgan fingerprint density at radius 2 is 2.19 bits per heavy atom. The van der Waals surface area contributed by atoms with Crippen molar-refractivity contribution in [1.29, 1.82) is 0 Å². The Kier molecular flexibility index (Phi) is 4.83. The number of hydrogen-bond donors (Lipinski definition) is 2. The summed E-state index contributed by atoms with van der Waals surface area (Å²) in [7, 11) is 0. The Morgan fingerprint density at radius 3 is 2.86 bits per heavy atom. The van der Waals surface area contributed by atoms with E-state index in [4.69, 9.17) is 0 Å². The first kappa shape index (κ1) is 15.4. The summed E-state index contributed by atoms with van der Waals surface area (Å²) in [6, 6.07) is 4.91. The van der Waals surface area contributed by atoms with Gasteiger partial charge in [0.05, 0.1) is 11.3 Å². The van der Waals surface area contributed by atoms with Crippen LogP contribution in [0.4, 0.5) is 10.5 Å². The molecular formula is C16H22N2O3. The van der Waals surface area contributed by atoms with Crippen LogP contribution < -0.4 is 5.32 Å². The first-order valence-electron chi connectivity index (χ1n) is 7.41. The van der Waals surface area contributed by atoms with Crippen molar-refractivity contribution in [2.45, 2.75) is 33.1 Å². The molecule has 1 aliphatic heterocycles. The van der Waals surface area contributed by atoms with Crippen molar-refractivity contribution in [2.24, 2.45) is 5.92 Å². The van der Waals surface area contributed by atoms with Crippen LogP contribution in [0.1, 0.15) is 42.1 Å². The van der Waals surface area contributed by atoms with Gasteiger partial charge in [0.1, 0.15) is 0 Å². The largest absolute Gasteiger partial charge is 0.478 e. The van der Waals surface area contributed by atoms with E-state index in [0.717, 1.165) is 32.4 Å². The van der Waals surface area contributed by atoms with Gasteiger partial charge in [-0.3, -0.25) is 0 Å². The topological polar surface area (TPSA) is 69.6 Å². The lowest BCUT2D eigenvalue weighted by atomic mass is 10.0. The molecule has 21 heavy (non-hydrogen) atoms. The number of anilines is 1. The van der Waals surface area contributed by atoms with Gasteiger partial charge in [-0.15, -0.1) is 0 Å². The Hall–Kier alpha value is -2.04. The quantitative estimate of drug-likeness (QED) is 0.893. The maximum Gasteiger partial charge on any atom is 0.338 e. The van der Waals surface area contributed by atoms with Crippen LogP contribution in [0.2, 0.25) is 0 Å². The summed E-state index contributed by atoms with van der Waals surface area (Å²) in [4.78, 5) is 25.4. The second kappa shape index (κ2) is 6.61. The molecule has 5 nitrogen and oxygen atoms in total. The molecule has 0 aliphatic carbocycles. The molecule has 1 aromatic carbocycles. The Morgan fingerprint density at radius 1 is 1.43 bits per heavy atom. The molecule has 0 radical (unpaired) electrons. The zero-order chi connectivity index (χ0) is 15.4. The monoisotopic (exact) mass is 290 g/mol. The molecule has 0 aromatic heterocycles. The van der Waals surface area contributed by atoms with Crippen LogP contribution in [0.5, 0.6) is 0 Å². The highest BCUT2D eigenvalue weighted by Gasteiger charge is 2.26. The Bertz CT molecular complexity index is 542. The number of benzene rings is 1. The van der Waals surface area contributed by atoms with Crippen molar-refractivity contribution in [3.05, 3.63) is 29.3 Å². The number of carbonyl (C=O) groups excluding carboxylic acids is 1. The highest BCUT2D eigenvalue weighted by Crippen LogP contribution is 2.23. The van der Waals surface area contributed by atoms with E-state index in [-0.39, 0.29) is 11.6 Å². The summed E-state index contributed by atoms with van der Waals surface area (Å²) in [6.07, 6.45) is 3.29. The van der Waals surface area contributed by atoms with Crippen molar-refractivity contribution in [2.75, 3.05) is 18.4 Å². The van der Waals surface area contributed by atoms with E-state index in [1.165, 1.54) is 0 Å². The number of carboxylic acid groups (broad SMARTS) is 1. The number of urea groups is 1. The van der Waals surface area contributed by atoms with Gasteiger partial charge in [-0.25, -0.2) is 9.59 Å². The van der Waals surface area contributed by atoms with Crippen molar-refractivity contribution in [3.63, 3.8) is 0 Å². The lowest BCUT2D eigenvalue weighted by Crippen LogP contribution is -2.33. The lowest BCUT2D eigenvalue weighted by Gasteiger charge is -2.18. The molecule has 114 valence electrons. The van der Waals surface area contributed by atoms with Crippen LogP contribution in [0.25, 0.3) is 0 Å². The molecule has 1 fully saturated rings. The van der Waals surface area contributed by atoms with E-state index >= 15 is 0 Å². The van der Waals surface area contributed by atoms with Crippen LogP contribution in [-0.4, -0.2) is 35.1 Å². The van der Waals surface area contributed by atoms with Gasteiger partial charge in [-0.05, 0) is 37.3 Å². The summed E-state index contributed by atoms with van der Waals surface area (Å²) < 4.78 is 0. The maximum atomic E-state index is 12.3. The van der Waals surface area contributed by atoms with Gasteiger partial charge in [0.2, 0.25) is 0 Å². The predicted molar refractivity (Wildman–Crippen MR) is 81.7 cm³/mol. The zero-order valence-corrected chi connectivity index (χ0v) is 12.6. The molecule has 1 atom stereocenters. The standard InChI is InChI=1S/C16H22N2O3/c1-3-5-12-8-9-18(10-12)16(21)17-13-7-4-6-11(2)14(13)15(19)20/h4,6-7,12H,3,5,8-10H2,1-2H3,(H,17,21)(H,19,20). The summed E-state index contributed by atoms with van der Waals surface area (Å²) in [5, 5.41) is 12.0. The van der Waals surface area contributed by atoms with Gasteiger partial charge in [-0.2, -0.15) is 0 Å². The summed E-state index contributed by atoms with van der Waals surface area (Å²) in [6.45, 7) is 5.37. The highest BCUT2D eigenvalue weighted by molar-refractivity contribution is 6.01. The third-order valence-electron chi connectivity index (χ3n) is 4.00. The minimum absolute atomic E-state index is 0.162. The molecule has 1 unspecified atom stereocenters. The molecule has 1 heterocycles. The second-order valence-corrected chi connectivity index (χ2v) is 5.62. The van der Waals surface area contributed by atoms with Crippen molar-refractivity contribution in [1.82, 2.24) is 4.90 Å². The van der Waals surface area contributed by atoms with Gasteiger partial charge in [-0.1, -0.05) is 25.5 Å². The summed E-state index contributed by atoms with van der Waals surface area (Å²) >= 11 is 0.